The lowest BCUT2D eigenvalue weighted by Gasteiger charge is -2.21. The topological polar surface area (TPSA) is 121 Å². The van der Waals surface area contributed by atoms with Crippen molar-refractivity contribution < 1.29 is 63.3 Å². The third-order valence-electron chi connectivity index (χ3n) is 9.09. The molecule has 1 aliphatic heterocycles. The smallest absolute Gasteiger partial charge is 0.422 e. The molecule has 17 heteroatoms. The number of pyridine rings is 1. The molecular formula is C36H32F6N2O8S. The highest BCUT2D eigenvalue weighted by atomic mass is 32.2. The first-order chi connectivity index (χ1) is 24.9. The number of anilines is 1. The monoisotopic (exact) mass is 766 g/mol. The van der Waals surface area contributed by atoms with E-state index in [-0.39, 0.29) is 27.7 Å². The van der Waals surface area contributed by atoms with E-state index in [2.05, 4.69) is 4.98 Å². The normalized spacial score (nSPS) is 15.3. The minimum Gasteiger partial charge on any atom is -0.496 e. The van der Waals surface area contributed by atoms with Crippen molar-refractivity contribution >= 4 is 38.1 Å². The van der Waals surface area contributed by atoms with Crippen LogP contribution in [0.15, 0.2) is 54.7 Å². The Morgan fingerprint density at radius 2 is 1.53 bits per heavy atom. The van der Waals surface area contributed by atoms with Crippen LogP contribution in [0.2, 0.25) is 0 Å². The number of alkyl halides is 6. The molecule has 0 saturated heterocycles. The summed E-state index contributed by atoms with van der Waals surface area (Å²) in [6.07, 6.45) is -7.57. The summed E-state index contributed by atoms with van der Waals surface area (Å²) in [6.45, 7) is -2.42. The Morgan fingerprint density at radius 3 is 2.09 bits per heavy atom. The molecule has 1 aromatic heterocycles. The average Bonchev–Trinajstić information content (AvgIpc) is 3.82. The Hall–Kier alpha value is -5.06. The number of carbonyl (C=O) groups excluding carboxylic acids is 2. The molecule has 2 heterocycles. The molecule has 0 unspecified atom stereocenters. The minimum absolute atomic E-state index is 0.159. The summed E-state index contributed by atoms with van der Waals surface area (Å²) in [5.74, 6) is -2.84. The van der Waals surface area contributed by atoms with Gasteiger partial charge in [-0.1, -0.05) is 18.2 Å². The number of ether oxygens (including phenoxy) is 4. The number of nitrogens with zero attached hydrogens (tertiary/aromatic N) is 2. The van der Waals surface area contributed by atoms with Crippen molar-refractivity contribution in [2.45, 2.75) is 49.8 Å². The Bertz CT molecular complexity index is 2200. The molecule has 4 aromatic rings. The summed E-state index contributed by atoms with van der Waals surface area (Å²) >= 11 is 0. The maximum Gasteiger partial charge on any atom is 0.422 e. The van der Waals surface area contributed by atoms with Gasteiger partial charge in [-0.2, -0.15) is 26.3 Å². The van der Waals surface area contributed by atoms with Gasteiger partial charge < -0.3 is 23.8 Å². The van der Waals surface area contributed by atoms with Crippen molar-refractivity contribution in [1.29, 1.82) is 0 Å². The summed E-state index contributed by atoms with van der Waals surface area (Å²) < 4.78 is 128. The summed E-state index contributed by atoms with van der Waals surface area (Å²) in [4.78, 5) is 32.7. The molecule has 10 nitrogen and oxygen atoms in total. The number of Topliss-reactive ketones (excluding diaryl/α,β-unsaturated/α-hetero) is 1. The molecule has 1 aliphatic carbocycles. The summed E-state index contributed by atoms with van der Waals surface area (Å²) in [6, 6.07) is 11.9. The lowest BCUT2D eigenvalue weighted by Crippen LogP contribution is -2.29. The quantitative estimate of drug-likeness (QED) is 0.135. The molecule has 0 radical (unpaired) electrons. The summed E-state index contributed by atoms with van der Waals surface area (Å²) in [7, 11) is -1.15. The fourth-order valence-electron chi connectivity index (χ4n) is 6.72. The fraction of sp³-hybridized carbons (Fsp3) is 0.361. The number of benzene rings is 3. The van der Waals surface area contributed by atoms with Gasteiger partial charge in [-0.15, -0.1) is 0 Å². The van der Waals surface area contributed by atoms with Gasteiger partial charge in [-0.25, -0.2) is 8.42 Å². The van der Waals surface area contributed by atoms with E-state index in [0.29, 0.717) is 35.5 Å². The zero-order chi connectivity index (χ0) is 38.5. The van der Waals surface area contributed by atoms with E-state index in [1.807, 2.05) is 0 Å². The summed E-state index contributed by atoms with van der Waals surface area (Å²) in [5, 5.41) is -0.160. The maximum atomic E-state index is 14.0. The molecule has 1 fully saturated rings. The molecule has 0 bridgehead atoms. The third kappa shape index (κ3) is 7.57. The third-order valence-corrected chi connectivity index (χ3v) is 10.6. The van der Waals surface area contributed by atoms with Gasteiger partial charge in [0.1, 0.15) is 28.5 Å². The van der Waals surface area contributed by atoms with Crippen LogP contribution in [0.3, 0.4) is 0 Å². The fourth-order valence-corrected chi connectivity index (χ4v) is 8.18. The lowest BCUT2D eigenvalue weighted by atomic mass is 9.90. The maximum absolute atomic E-state index is 14.0. The largest absolute Gasteiger partial charge is 0.496 e. The second kappa shape index (κ2) is 13.7. The lowest BCUT2D eigenvalue weighted by molar-refractivity contribution is -0.154. The number of aromatic nitrogens is 1. The predicted molar refractivity (Wildman–Crippen MR) is 179 cm³/mol. The molecule has 282 valence electrons. The van der Waals surface area contributed by atoms with Crippen LogP contribution < -0.4 is 23.8 Å². The van der Waals surface area contributed by atoms with E-state index in [1.54, 1.807) is 25.1 Å². The van der Waals surface area contributed by atoms with Crippen LogP contribution in [0, 0.1) is 6.92 Å². The van der Waals surface area contributed by atoms with E-state index in [4.69, 9.17) is 18.9 Å². The molecule has 2 aliphatic rings. The van der Waals surface area contributed by atoms with Crippen LogP contribution >= 0.6 is 0 Å². The highest BCUT2D eigenvalue weighted by Crippen LogP contribution is 2.55. The van der Waals surface area contributed by atoms with Crippen molar-refractivity contribution in [2.24, 2.45) is 0 Å². The van der Waals surface area contributed by atoms with Crippen molar-refractivity contribution in [3.63, 3.8) is 0 Å². The average molecular weight is 767 g/mol. The molecular weight excluding hydrogens is 734 g/mol. The van der Waals surface area contributed by atoms with Gasteiger partial charge in [0.25, 0.3) is 5.91 Å². The SMILES string of the molecule is COc1cccc(OC)c1C1(C(=O)CS(=O)(=O)Cc2ccc(N3Cc4c(c(OCC(F)(F)F)c5cccnc5c4OCC(F)(F)F)C3=O)c(C)c2)CC1. The first kappa shape index (κ1) is 37.7. The Kier molecular flexibility index (Phi) is 9.76. The molecule has 1 saturated carbocycles. The molecule has 0 atom stereocenters. The van der Waals surface area contributed by atoms with Gasteiger partial charge in [0.15, 0.2) is 34.6 Å². The Morgan fingerprint density at radius 1 is 0.906 bits per heavy atom. The van der Waals surface area contributed by atoms with Gasteiger partial charge in [0.05, 0.1) is 37.5 Å². The minimum atomic E-state index is -4.81. The van der Waals surface area contributed by atoms with Crippen molar-refractivity contribution in [2.75, 3.05) is 38.1 Å². The number of methoxy groups -OCH3 is 2. The van der Waals surface area contributed by atoms with E-state index in [0.717, 1.165) is 4.90 Å². The van der Waals surface area contributed by atoms with Crippen molar-refractivity contribution in [3.8, 4) is 23.0 Å². The standard InChI is InChI=1S/C36H32F6N2O8S/c1-20-14-21(16-53(47,48)17-27(45)34(11-12-34)29-25(49-2)7-4-8-26(29)50-3)9-10-24(20)44-15-23-28(33(44)46)31(51-18-35(37,38)39)22-6-5-13-43-30(22)32(23)52-19-36(40,41)42/h4-10,13-14H,11-12,15-19H2,1-3H3. The van der Waals surface area contributed by atoms with Crippen LogP contribution in [0.1, 0.15) is 45.5 Å². The van der Waals surface area contributed by atoms with Gasteiger partial charge in [-0.05, 0) is 61.2 Å². The Balaban J connectivity index is 1.29. The highest BCUT2D eigenvalue weighted by molar-refractivity contribution is 7.91. The zero-order valence-electron chi connectivity index (χ0n) is 28.5. The number of sulfone groups is 1. The number of hydrogen-bond donors (Lipinski definition) is 0. The number of fused-ring (bicyclic) bond motifs is 2. The molecule has 53 heavy (non-hydrogen) atoms. The summed E-state index contributed by atoms with van der Waals surface area (Å²) in [5.41, 5.74) is -0.562. The molecule has 3 aromatic carbocycles. The molecule has 0 spiro atoms. The first-order valence-electron chi connectivity index (χ1n) is 16.1. The molecule has 6 rings (SSSR count). The highest BCUT2D eigenvalue weighted by Gasteiger charge is 2.55. The van der Waals surface area contributed by atoms with Crippen LogP contribution in [0.5, 0.6) is 23.0 Å². The second-order valence-corrected chi connectivity index (χ2v) is 14.9. The van der Waals surface area contributed by atoms with E-state index >= 15 is 0 Å². The Labute approximate surface area is 299 Å². The molecule has 1 amide bonds. The van der Waals surface area contributed by atoms with Crippen LogP contribution in [-0.2, 0) is 32.3 Å². The van der Waals surface area contributed by atoms with Crippen LogP contribution in [0.4, 0.5) is 32.0 Å². The number of amides is 1. The van der Waals surface area contributed by atoms with E-state index in [1.165, 1.54) is 50.7 Å². The second-order valence-electron chi connectivity index (χ2n) is 12.8. The van der Waals surface area contributed by atoms with Crippen LogP contribution in [-0.4, -0.2) is 70.6 Å². The zero-order valence-corrected chi connectivity index (χ0v) is 29.3. The van der Waals surface area contributed by atoms with Crippen LogP contribution in [0.25, 0.3) is 10.9 Å². The predicted octanol–water partition coefficient (Wildman–Crippen LogP) is 6.82. The van der Waals surface area contributed by atoms with Gasteiger partial charge in [0.2, 0.25) is 0 Å². The number of carbonyl (C=O) groups is 2. The number of hydrogen-bond acceptors (Lipinski definition) is 9. The molecule has 0 N–H and O–H groups in total. The van der Waals surface area contributed by atoms with Crippen molar-refractivity contribution in [1.82, 2.24) is 4.98 Å². The van der Waals surface area contributed by atoms with E-state index < -0.39 is 87.6 Å². The number of aryl methyl sites for hydroxylation is 1. The van der Waals surface area contributed by atoms with Gasteiger partial charge in [0, 0.05) is 28.4 Å². The number of ketones is 1. The van der Waals surface area contributed by atoms with Gasteiger partial charge in [-0.3, -0.25) is 14.6 Å². The first-order valence-corrected chi connectivity index (χ1v) is 17.9. The van der Waals surface area contributed by atoms with E-state index in [9.17, 15) is 44.3 Å². The number of rotatable bonds is 13. The van der Waals surface area contributed by atoms with Crippen molar-refractivity contribution in [3.05, 3.63) is 82.5 Å². The number of halogens is 6. The van der Waals surface area contributed by atoms with Gasteiger partial charge >= 0.3 is 12.4 Å².